The summed E-state index contributed by atoms with van der Waals surface area (Å²) in [5.74, 6) is 0.401. The van der Waals surface area contributed by atoms with E-state index in [9.17, 15) is 4.79 Å². The molecule has 0 aliphatic carbocycles. The Labute approximate surface area is 169 Å². The van der Waals surface area contributed by atoms with Crippen molar-refractivity contribution < 1.29 is 9.15 Å². The lowest BCUT2D eigenvalue weighted by atomic mass is 10.1. The maximum Gasteiger partial charge on any atom is 0.368 e. The number of tetrazole rings is 1. The molecule has 0 aliphatic rings. The molecule has 0 saturated carbocycles. The van der Waals surface area contributed by atoms with Crippen LogP contribution in [0.15, 0.2) is 63.9 Å². The van der Waals surface area contributed by atoms with Gasteiger partial charge in [-0.05, 0) is 41.1 Å². The van der Waals surface area contributed by atoms with E-state index in [1.54, 1.807) is 25.4 Å². The number of rotatable bonds is 5. The molecule has 2 aromatic carbocycles. The first-order valence-corrected chi connectivity index (χ1v) is 9.22. The van der Waals surface area contributed by atoms with E-state index in [2.05, 4.69) is 20.5 Å². The summed E-state index contributed by atoms with van der Waals surface area (Å²) in [5, 5.41) is 12.1. The molecule has 3 aromatic heterocycles. The fraction of sp³-hybridized carbons (Fsp3) is 0.150. The summed E-state index contributed by atoms with van der Waals surface area (Å²) in [5.41, 5.74) is 3.50. The van der Waals surface area contributed by atoms with Crippen LogP contribution in [0.4, 0.5) is 0 Å². The summed E-state index contributed by atoms with van der Waals surface area (Å²) in [7, 11) is 1.55. The van der Waals surface area contributed by atoms with Gasteiger partial charge >= 0.3 is 11.7 Å². The van der Waals surface area contributed by atoms with Crippen molar-refractivity contribution >= 4 is 11.1 Å². The molecule has 0 bridgehead atoms. The van der Waals surface area contributed by atoms with Crippen molar-refractivity contribution in [3.8, 4) is 17.6 Å². The predicted molar refractivity (Wildman–Crippen MR) is 107 cm³/mol. The zero-order valence-corrected chi connectivity index (χ0v) is 16.3. The van der Waals surface area contributed by atoms with Gasteiger partial charge < -0.3 is 9.15 Å². The number of aryl methyl sites for hydroxylation is 2. The molecule has 0 aliphatic heterocycles. The van der Waals surface area contributed by atoms with Crippen LogP contribution in [0.1, 0.15) is 11.1 Å². The van der Waals surface area contributed by atoms with E-state index in [1.165, 1.54) is 14.0 Å². The fourth-order valence-corrected chi connectivity index (χ4v) is 3.13. The number of ether oxygens (including phenoxy) is 1. The van der Waals surface area contributed by atoms with Crippen LogP contribution >= 0.6 is 0 Å². The fourth-order valence-electron chi connectivity index (χ4n) is 3.13. The number of hydrogen-bond donors (Lipinski definition) is 0. The Balaban J connectivity index is 1.41. The maximum absolute atomic E-state index is 12.3. The Morgan fingerprint density at radius 3 is 2.73 bits per heavy atom. The van der Waals surface area contributed by atoms with Crippen LogP contribution in [0.2, 0.25) is 0 Å². The summed E-state index contributed by atoms with van der Waals surface area (Å²) in [6.45, 7) is 2.15. The van der Waals surface area contributed by atoms with Crippen molar-refractivity contribution in [2.24, 2.45) is 7.05 Å². The second-order valence-corrected chi connectivity index (χ2v) is 6.72. The van der Waals surface area contributed by atoms with Gasteiger partial charge in [-0.25, -0.2) is 4.79 Å². The minimum absolute atomic E-state index is 0.204. The molecule has 150 valence electrons. The number of para-hydroxylation sites is 2. The van der Waals surface area contributed by atoms with E-state index in [-0.39, 0.29) is 12.3 Å². The first-order chi connectivity index (χ1) is 14.6. The number of hydrogen-bond acceptors (Lipinski definition) is 7. The summed E-state index contributed by atoms with van der Waals surface area (Å²) in [4.78, 5) is 16.7. The van der Waals surface area contributed by atoms with Crippen molar-refractivity contribution in [3.05, 3.63) is 76.3 Å². The Bertz CT molecular complexity index is 1380. The molecule has 0 spiro atoms. The highest BCUT2D eigenvalue weighted by molar-refractivity contribution is 5.73. The van der Waals surface area contributed by atoms with Crippen molar-refractivity contribution in [3.63, 3.8) is 0 Å². The van der Waals surface area contributed by atoms with Crippen LogP contribution in [-0.2, 0) is 13.7 Å². The van der Waals surface area contributed by atoms with Gasteiger partial charge in [-0.3, -0.25) is 0 Å². The molecule has 0 N–H and O–H groups in total. The molecule has 0 fully saturated rings. The number of oxazole rings is 1. The summed E-state index contributed by atoms with van der Waals surface area (Å²) in [6, 6.07) is 15.2. The van der Waals surface area contributed by atoms with Gasteiger partial charge in [0.1, 0.15) is 12.1 Å². The second kappa shape index (κ2) is 6.99. The van der Waals surface area contributed by atoms with Gasteiger partial charge in [-0.15, -0.1) is 5.10 Å². The van der Waals surface area contributed by atoms with Crippen molar-refractivity contribution in [2.75, 3.05) is 0 Å². The molecule has 10 heteroatoms. The predicted octanol–water partition coefficient (Wildman–Crippen LogP) is 2.18. The molecule has 0 amide bonds. The lowest BCUT2D eigenvalue weighted by Gasteiger charge is -2.11. The third-order valence-electron chi connectivity index (χ3n) is 4.74. The third-order valence-corrected chi connectivity index (χ3v) is 4.74. The minimum atomic E-state index is -0.331. The van der Waals surface area contributed by atoms with Gasteiger partial charge in [-0.2, -0.15) is 19.0 Å². The normalized spacial score (nSPS) is 11.3. The number of benzene rings is 2. The highest BCUT2D eigenvalue weighted by atomic mass is 16.5. The molecule has 5 aromatic rings. The van der Waals surface area contributed by atoms with Crippen LogP contribution in [0, 0.1) is 6.92 Å². The van der Waals surface area contributed by atoms with Crippen molar-refractivity contribution in [1.82, 2.24) is 34.6 Å². The summed E-state index contributed by atoms with van der Waals surface area (Å²) in [6.07, 6.45) is 1.71. The van der Waals surface area contributed by atoms with E-state index >= 15 is 0 Å². The largest absolute Gasteiger partial charge is 0.472 e. The van der Waals surface area contributed by atoms with Crippen LogP contribution in [0.3, 0.4) is 0 Å². The molecule has 0 unspecified atom stereocenters. The van der Waals surface area contributed by atoms with Gasteiger partial charge in [0.25, 0.3) is 0 Å². The molecule has 10 nitrogen and oxygen atoms in total. The van der Waals surface area contributed by atoms with Crippen LogP contribution in [0.25, 0.3) is 22.8 Å². The van der Waals surface area contributed by atoms with E-state index in [1.807, 2.05) is 43.3 Å². The molecule has 0 atom stereocenters. The van der Waals surface area contributed by atoms with Crippen LogP contribution in [-0.4, -0.2) is 34.6 Å². The average Bonchev–Trinajstić information content (AvgIpc) is 3.46. The maximum atomic E-state index is 12.3. The Morgan fingerprint density at radius 2 is 1.93 bits per heavy atom. The molecule has 5 rings (SSSR count). The second-order valence-electron chi connectivity index (χ2n) is 6.72. The Kier molecular flexibility index (Phi) is 4.16. The van der Waals surface area contributed by atoms with Crippen LogP contribution < -0.4 is 10.4 Å². The smallest absolute Gasteiger partial charge is 0.368 e. The average molecular weight is 403 g/mol. The topological polar surface area (TPSA) is 106 Å². The zero-order valence-electron chi connectivity index (χ0n) is 16.3. The molecular weight excluding hydrogens is 386 g/mol. The van der Waals surface area contributed by atoms with Gasteiger partial charge in [0.15, 0.2) is 5.58 Å². The summed E-state index contributed by atoms with van der Waals surface area (Å²) >= 11 is 0. The first-order valence-electron chi connectivity index (χ1n) is 9.22. The number of nitrogens with zero attached hydrogens (tertiary/aromatic N) is 7. The van der Waals surface area contributed by atoms with E-state index in [0.29, 0.717) is 23.2 Å². The SMILES string of the molecule is Cc1cccc(-n2nnn(C)c2=O)c1COc1ccn(-c2nc3ccccc3o2)n1. The Hall–Kier alpha value is -4.21. The third kappa shape index (κ3) is 3.04. The molecule has 0 radical (unpaired) electrons. The monoisotopic (exact) mass is 403 g/mol. The molecule has 30 heavy (non-hydrogen) atoms. The first kappa shape index (κ1) is 17.9. The van der Waals surface area contributed by atoms with Gasteiger partial charge in [-0.1, -0.05) is 24.3 Å². The van der Waals surface area contributed by atoms with Crippen molar-refractivity contribution in [2.45, 2.75) is 13.5 Å². The van der Waals surface area contributed by atoms with Crippen molar-refractivity contribution in [1.29, 1.82) is 0 Å². The van der Waals surface area contributed by atoms with Crippen LogP contribution in [0.5, 0.6) is 5.88 Å². The van der Waals surface area contributed by atoms with Gasteiger partial charge in [0.05, 0.1) is 5.69 Å². The highest BCUT2D eigenvalue weighted by Crippen LogP contribution is 2.21. The quantitative estimate of drug-likeness (QED) is 0.443. The standard InChI is InChI=1S/C20H17N7O3/c1-13-6-5-8-16(27-20(28)25(2)23-24-27)14(13)12-29-18-10-11-26(22-18)19-21-15-7-3-4-9-17(15)30-19/h3-11H,12H2,1-2H3. The zero-order chi connectivity index (χ0) is 20.7. The van der Waals surface area contributed by atoms with Gasteiger partial charge in [0, 0.05) is 24.9 Å². The number of aromatic nitrogens is 7. The van der Waals surface area contributed by atoms with E-state index < -0.39 is 0 Å². The lowest BCUT2D eigenvalue weighted by Crippen LogP contribution is -2.23. The van der Waals surface area contributed by atoms with E-state index in [0.717, 1.165) is 16.6 Å². The minimum Gasteiger partial charge on any atom is -0.472 e. The lowest BCUT2D eigenvalue weighted by molar-refractivity contribution is 0.289. The molecular formula is C20H17N7O3. The number of fused-ring (bicyclic) bond motifs is 1. The van der Waals surface area contributed by atoms with Gasteiger partial charge in [0.2, 0.25) is 5.88 Å². The molecule has 3 heterocycles. The Morgan fingerprint density at radius 1 is 1.07 bits per heavy atom. The summed E-state index contributed by atoms with van der Waals surface area (Å²) < 4.78 is 15.5. The van der Waals surface area contributed by atoms with E-state index in [4.69, 9.17) is 9.15 Å². The molecule has 0 saturated heterocycles. The highest BCUT2D eigenvalue weighted by Gasteiger charge is 2.15.